The number of carbonyl (C=O) groups is 1. The number of thioether (sulfide) groups is 1. The fourth-order valence-corrected chi connectivity index (χ4v) is 1.10. The molecule has 0 radical (unpaired) electrons. The van der Waals surface area contributed by atoms with Crippen LogP contribution in [0.5, 0.6) is 0 Å². The fraction of sp³-hybridized carbons (Fsp3) is 0.750. The minimum Gasteiger partial charge on any atom is -0.464 e. The summed E-state index contributed by atoms with van der Waals surface area (Å²) >= 11 is 4.62. The van der Waals surface area contributed by atoms with Crippen LogP contribution in [0.1, 0.15) is 13.3 Å². The smallest absolute Gasteiger partial charge is 0.315 e. The molecule has 0 heterocycles. The van der Waals surface area contributed by atoms with Crippen molar-refractivity contribution in [3.63, 3.8) is 0 Å². The zero-order valence-electron chi connectivity index (χ0n) is 7.46. The predicted octanol–water partition coefficient (Wildman–Crippen LogP) is 1.96. The predicted molar refractivity (Wildman–Crippen MR) is 56.9 cm³/mol. The van der Waals surface area contributed by atoms with Gasteiger partial charge in [0.05, 0.1) is 17.6 Å². The van der Waals surface area contributed by atoms with Crippen LogP contribution in [0.25, 0.3) is 0 Å². The standard InChI is InChI=1S/C8H12BrNO2S/c1-2-7(9)5-12-8(11)6-13-4-3-10/h7H,2,4-6H2,1H3. The lowest BCUT2D eigenvalue weighted by Gasteiger charge is -2.07. The molecule has 0 aromatic carbocycles. The highest BCUT2D eigenvalue weighted by atomic mass is 79.9. The van der Waals surface area contributed by atoms with Gasteiger partial charge in [-0.15, -0.1) is 11.8 Å². The number of hydrogen-bond donors (Lipinski definition) is 0. The highest BCUT2D eigenvalue weighted by Gasteiger charge is 2.06. The van der Waals surface area contributed by atoms with Crippen LogP contribution in [0, 0.1) is 11.3 Å². The first kappa shape index (κ1) is 12.8. The van der Waals surface area contributed by atoms with Gasteiger partial charge >= 0.3 is 5.97 Å². The van der Waals surface area contributed by atoms with Crippen molar-refractivity contribution in [1.29, 1.82) is 5.26 Å². The van der Waals surface area contributed by atoms with Gasteiger partial charge < -0.3 is 4.74 Å². The van der Waals surface area contributed by atoms with Gasteiger partial charge in [-0.3, -0.25) is 4.79 Å². The number of carbonyl (C=O) groups excluding carboxylic acids is 1. The van der Waals surface area contributed by atoms with E-state index in [1.807, 2.05) is 13.0 Å². The quantitative estimate of drug-likeness (QED) is 0.419. The monoisotopic (exact) mass is 265 g/mol. The molecule has 0 N–H and O–H groups in total. The molecule has 74 valence electrons. The lowest BCUT2D eigenvalue weighted by Crippen LogP contribution is -2.14. The summed E-state index contributed by atoms with van der Waals surface area (Å²) < 4.78 is 4.93. The van der Waals surface area contributed by atoms with Crippen molar-refractivity contribution in [2.24, 2.45) is 0 Å². The molecule has 0 saturated heterocycles. The number of halogens is 1. The molecule has 0 aliphatic carbocycles. The van der Waals surface area contributed by atoms with Crippen molar-refractivity contribution in [3.8, 4) is 6.07 Å². The maximum Gasteiger partial charge on any atom is 0.315 e. The minimum atomic E-state index is -0.252. The van der Waals surface area contributed by atoms with E-state index in [1.165, 1.54) is 11.8 Å². The summed E-state index contributed by atoms with van der Waals surface area (Å²) in [5, 5.41) is 8.20. The summed E-state index contributed by atoms with van der Waals surface area (Å²) in [6.07, 6.45) is 0.929. The van der Waals surface area contributed by atoms with Crippen LogP contribution in [0.3, 0.4) is 0 Å². The van der Waals surface area contributed by atoms with E-state index in [0.29, 0.717) is 12.4 Å². The van der Waals surface area contributed by atoms with E-state index >= 15 is 0 Å². The molecule has 0 aliphatic rings. The van der Waals surface area contributed by atoms with Crippen molar-refractivity contribution in [1.82, 2.24) is 0 Å². The lowest BCUT2D eigenvalue weighted by molar-refractivity contribution is -0.140. The molecule has 5 heteroatoms. The molecule has 0 aromatic rings. The Morgan fingerprint density at radius 1 is 1.77 bits per heavy atom. The Morgan fingerprint density at radius 3 is 3.00 bits per heavy atom. The van der Waals surface area contributed by atoms with Crippen LogP contribution < -0.4 is 0 Å². The van der Waals surface area contributed by atoms with Gasteiger partial charge in [0.25, 0.3) is 0 Å². The van der Waals surface area contributed by atoms with Crippen LogP contribution in [0.2, 0.25) is 0 Å². The Labute approximate surface area is 91.0 Å². The molecule has 0 saturated carbocycles. The molecule has 0 amide bonds. The molecule has 0 bridgehead atoms. The van der Waals surface area contributed by atoms with Crippen LogP contribution in [0.15, 0.2) is 0 Å². The fourth-order valence-electron chi connectivity index (χ4n) is 0.523. The summed E-state index contributed by atoms with van der Waals surface area (Å²) in [6, 6.07) is 1.95. The first-order chi connectivity index (χ1) is 6.20. The van der Waals surface area contributed by atoms with Crippen molar-refractivity contribution < 1.29 is 9.53 Å². The van der Waals surface area contributed by atoms with Crippen molar-refractivity contribution in [2.75, 3.05) is 18.1 Å². The normalized spacial score (nSPS) is 11.8. The number of nitrogens with zero attached hydrogens (tertiary/aromatic N) is 1. The van der Waals surface area contributed by atoms with Gasteiger partial charge in [0.1, 0.15) is 6.61 Å². The third kappa shape index (κ3) is 8.13. The van der Waals surface area contributed by atoms with E-state index < -0.39 is 0 Å². The number of alkyl halides is 1. The third-order valence-corrected chi connectivity index (χ3v) is 2.94. The molecule has 13 heavy (non-hydrogen) atoms. The van der Waals surface area contributed by atoms with Crippen molar-refractivity contribution in [3.05, 3.63) is 0 Å². The average molecular weight is 266 g/mol. The van der Waals surface area contributed by atoms with Crippen LogP contribution >= 0.6 is 27.7 Å². The highest BCUT2D eigenvalue weighted by molar-refractivity contribution is 9.09. The zero-order chi connectivity index (χ0) is 10.1. The Bertz CT molecular complexity index is 193. The molecular formula is C8H12BrNO2S. The Balaban J connectivity index is 3.36. The number of esters is 1. The molecule has 1 atom stereocenters. The first-order valence-electron chi connectivity index (χ1n) is 3.95. The van der Waals surface area contributed by atoms with E-state index in [4.69, 9.17) is 10.00 Å². The maximum atomic E-state index is 11.0. The molecule has 0 spiro atoms. The third-order valence-electron chi connectivity index (χ3n) is 1.25. The molecule has 3 nitrogen and oxygen atoms in total. The van der Waals surface area contributed by atoms with Gasteiger partial charge in [-0.05, 0) is 6.42 Å². The largest absolute Gasteiger partial charge is 0.464 e. The van der Waals surface area contributed by atoms with Crippen LogP contribution in [0.4, 0.5) is 0 Å². The molecule has 0 fully saturated rings. The van der Waals surface area contributed by atoms with Crippen molar-refractivity contribution >= 4 is 33.7 Å². The van der Waals surface area contributed by atoms with Gasteiger partial charge in [0, 0.05) is 4.83 Å². The zero-order valence-corrected chi connectivity index (χ0v) is 9.86. The molecule has 0 rings (SSSR count). The van der Waals surface area contributed by atoms with Gasteiger partial charge in [-0.2, -0.15) is 5.26 Å². The van der Waals surface area contributed by atoms with E-state index in [9.17, 15) is 4.79 Å². The van der Waals surface area contributed by atoms with Gasteiger partial charge in [-0.25, -0.2) is 0 Å². The molecule has 0 aliphatic heterocycles. The first-order valence-corrected chi connectivity index (χ1v) is 6.02. The summed E-state index contributed by atoms with van der Waals surface area (Å²) in [5.74, 6) is 0.343. The average Bonchev–Trinajstić information content (AvgIpc) is 2.14. The second-order valence-electron chi connectivity index (χ2n) is 2.34. The summed E-state index contributed by atoms with van der Waals surface area (Å²) in [7, 11) is 0. The van der Waals surface area contributed by atoms with Crippen LogP contribution in [-0.2, 0) is 9.53 Å². The summed E-state index contributed by atoms with van der Waals surface area (Å²) in [5.41, 5.74) is 0. The summed E-state index contributed by atoms with van der Waals surface area (Å²) in [4.78, 5) is 11.2. The van der Waals surface area contributed by atoms with Gasteiger partial charge in [0.2, 0.25) is 0 Å². The van der Waals surface area contributed by atoms with Gasteiger partial charge in [0.15, 0.2) is 0 Å². The number of hydrogen-bond acceptors (Lipinski definition) is 4. The van der Waals surface area contributed by atoms with Crippen molar-refractivity contribution in [2.45, 2.75) is 18.2 Å². The minimum absolute atomic E-state index is 0.234. The van der Waals surface area contributed by atoms with E-state index in [1.54, 1.807) is 0 Å². The summed E-state index contributed by atoms with van der Waals surface area (Å²) in [6.45, 7) is 2.42. The van der Waals surface area contributed by atoms with E-state index in [0.717, 1.165) is 6.42 Å². The Morgan fingerprint density at radius 2 is 2.46 bits per heavy atom. The maximum absolute atomic E-state index is 11.0. The van der Waals surface area contributed by atoms with Crippen LogP contribution in [-0.4, -0.2) is 28.9 Å². The Hall–Kier alpha value is -0.210. The lowest BCUT2D eigenvalue weighted by atomic mass is 10.4. The highest BCUT2D eigenvalue weighted by Crippen LogP contribution is 2.06. The topological polar surface area (TPSA) is 50.1 Å². The Kier molecular flexibility index (Phi) is 8.26. The van der Waals surface area contributed by atoms with E-state index in [-0.39, 0.29) is 16.5 Å². The molecule has 0 aromatic heterocycles. The second-order valence-corrected chi connectivity index (χ2v) is 4.62. The van der Waals surface area contributed by atoms with E-state index in [2.05, 4.69) is 15.9 Å². The van der Waals surface area contributed by atoms with Gasteiger partial charge in [-0.1, -0.05) is 22.9 Å². The number of ether oxygens (including phenoxy) is 1. The number of rotatable bonds is 6. The SMILES string of the molecule is CCC(Br)COC(=O)CSCC#N. The second kappa shape index (κ2) is 8.39. The number of nitriles is 1. The molecule has 1 unspecified atom stereocenters. The molecular weight excluding hydrogens is 254 g/mol.